The van der Waals surface area contributed by atoms with Crippen LogP contribution in [0.3, 0.4) is 0 Å². The highest BCUT2D eigenvalue weighted by Gasteiger charge is 2.16. The lowest BCUT2D eigenvalue weighted by molar-refractivity contribution is -0.384. The predicted molar refractivity (Wildman–Crippen MR) is 63.3 cm³/mol. The van der Waals surface area contributed by atoms with Crippen LogP contribution < -0.4 is 5.32 Å². The predicted octanol–water partition coefficient (Wildman–Crippen LogP) is -0.217. The number of Topliss-reactive ketones (excluding diaryl/α,β-unsaturated/α-hetero) is 1. The number of nitrogens with one attached hydrogen (secondary N) is 2. The van der Waals surface area contributed by atoms with E-state index in [1.54, 1.807) is 7.05 Å². The Labute approximate surface area is 103 Å². The lowest BCUT2D eigenvalue weighted by Gasteiger charge is -2.13. The zero-order valence-corrected chi connectivity index (χ0v) is 10.1. The summed E-state index contributed by atoms with van der Waals surface area (Å²) in [7, 11) is 3.12. The molecule has 2 N–H and O–H groups in total. The number of rotatable bonds is 6. The van der Waals surface area contributed by atoms with Gasteiger partial charge in [-0.25, -0.2) is 0 Å². The minimum atomic E-state index is -0.582. The summed E-state index contributed by atoms with van der Waals surface area (Å²) in [5.74, 6) is -0.516. The minimum absolute atomic E-state index is 0.00505. The standard InChI is InChI=1S/C10H14N4O4/c1-11-10(16)6-13(2)5-9(15)8-3-7(4-12-8)14(17)18/h3-4,12H,5-6H2,1-2H3,(H,11,16). The van der Waals surface area contributed by atoms with E-state index < -0.39 is 4.92 Å². The summed E-state index contributed by atoms with van der Waals surface area (Å²) in [6, 6.07) is 1.18. The number of amides is 1. The molecule has 0 spiro atoms. The number of H-pyrrole nitrogens is 1. The summed E-state index contributed by atoms with van der Waals surface area (Å²) >= 11 is 0. The summed E-state index contributed by atoms with van der Waals surface area (Å²) in [6.07, 6.45) is 1.16. The van der Waals surface area contributed by atoms with E-state index in [0.29, 0.717) is 0 Å². The van der Waals surface area contributed by atoms with E-state index in [0.717, 1.165) is 6.20 Å². The van der Waals surface area contributed by atoms with Crippen LogP contribution >= 0.6 is 0 Å². The number of aromatic amines is 1. The first kappa shape index (κ1) is 13.8. The molecular weight excluding hydrogens is 240 g/mol. The summed E-state index contributed by atoms with van der Waals surface area (Å²) in [5, 5.41) is 12.9. The van der Waals surface area contributed by atoms with Crippen LogP contribution in [0.15, 0.2) is 12.3 Å². The first-order valence-electron chi connectivity index (χ1n) is 5.19. The lowest BCUT2D eigenvalue weighted by atomic mass is 10.2. The maximum Gasteiger partial charge on any atom is 0.287 e. The Morgan fingerprint density at radius 3 is 2.67 bits per heavy atom. The third-order valence-corrected chi connectivity index (χ3v) is 2.28. The van der Waals surface area contributed by atoms with Crippen LogP contribution in [0.5, 0.6) is 0 Å². The SMILES string of the molecule is CNC(=O)CN(C)CC(=O)c1cc([N+](=O)[O-])c[nH]1. The molecule has 1 aromatic rings. The number of ketones is 1. The van der Waals surface area contributed by atoms with Crippen molar-refractivity contribution in [1.82, 2.24) is 15.2 Å². The Morgan fingerprint density at radius 1 is 1.50 bits per heavy atom. The van der Waals surface area contributed by atoms with E-state index in [1.165, 1.54) is 18.0 Å². The number of hydrogen-bond acceptors (Lipinski definition) is 5. The van der Waals surface area contributed by atoms with Gasteiger partial charge in [0.05, 0.1) is 29.9 Å². The highest BCUT2D eigenvalue weighted by atomic mass is 16.6. The molecule has 1 amide bonds. The van der Waals surface area contributed by atoms with Crippen molar-refractivity contribution in [2.75, 3.05) is 27.2 Å². The van der Waals surface area contributed by atoms with E-state index in [1.807, 2.05) is 0 Å². The number of hydrogen-bond donors (Lipinski definition) is 2. The van der Waals surface area contributed by atoms with Gasteiger partial charge >= 0.3 is 0 Å². The molecule has 0 saturated heterocycles. The van der Waals surface area contributed by atoms with Crippen molar-refractivity contribution in [3.63, 3.8) is 0 Å². The summed E-state index contributed by atoms with van der Waals surface area (Å²) < 4.78 is 0. The van der Waals surface area contributed by atoms with Crippen molar-refractivity contribution in [2.45, 2.75) is 0 Å². The average Bonchev–Trinajstić information content (AvgIpc) is 2.77. The van der Waals surface area contributed by atoms with Crippen LogP contribution in [-0.4, -0.2) is 53.7 Å². The first-order chi connectivity index (χ1) is 8.43. The normalized spacial score (nSPS) is 10.4. The lowest BCUT2D eigenvalue weighted by Crippen LogP contribution is -2.36. The largest absolute Gasteiger partial charge is 0.358 e. The van der Waals surface area contributed by atoms with Crippen molar-refractivity contribution in [3.8, 4) is 0 Å². The number of nitrogens with zero attached hydrogens (tertiary/aromatic N) is 2. The smallest absolute Gasteiger partial charge is 0.287 e. The molecule has 0 bridgehead atoms. The summed E-state index contributed by atoms with van der Waals surface area (Å²) in [4.78, 5) is 36.7. The molecule has 1 heterocycles. The second-order valence-electron chi connectivity index (χ2n) is 3.80. The zero-order chi connectivity index (χ0) is 13.7. The third-order valence-electron chi connectivity index (χ3n) is 2.28. The molecule has 8 heteroatoms. The molecule has 0 aliphatic heterocycles. The fourth-order valence-corrected chi connectivity index (χ4v) is 1.36. The highest BCUT2D eigenvalue weighted by Crippen LogP contribution is 2.12. The molecule has 1 aromatic heterocycles. The van der Waals surface area contributed by atoms with Crippen molar-refractivity contribution in [3.05, 3.63) is 28.1 Å². The molecule has 18 heavy (non-hydrogen) atoms. The molecule has 0 aliphatic rings. The summed E-state index contributed by atoms with van der Waals surface area (Å²) in [6.45, 7) is 0.0934. The fraction of sp³-hybridized carbons (Fsp3) is 0.400. The third kappa shape index (κ3) is 3.67. The zero-order valence-electron chi connectivity index (χ0n) is 10.1. The number of carbonyl (C=O) groups excluding carboxylic acids is 2. The van der Waals surface area contributed by atoms with E-state index in [9.17, 15) is 19.7 Å². The highest BCUT2D eigenvalue weighted by molar-refractivity contribution is 5.96. The van der Waals surface area contributed by atoms with Gasteiger partial charge in [0.25, 0.3) is 5.69 Å². The second kappa shape index (κ2) is 5.92. The van der Waals surface area contributed by atoms with E-state index in [2.05, 4.69) is 10.3 Å². The number of aromatic nitrogens is 1. The Kier molecular flexibility index (Phi) is 4.55. The Morgan fingerprint density at radius 2 is 2.17 bits per heavy atom. The quantitative estimate of drug-likeness (QED) is 0.414. The van der Waals surface area contributed by atoms with Crippen LogP contribution in [0.25, 0.3) is 0 Å². The van der Waals surface area contributed by atoms with Gasteiger partial charge in [-0.2, -0.15) is 0 Å². The van der Waals surface area contributed by atoms with E-state index in [-0.39, 0.29) is 36.2 Å². The molecule has 0 saturated carbocycles. The van der Waals surface area contributed by atoms with Gasteiger partial charge in [0, 0.05) is 13.1 Å². The van der Waals surface area contributed by atoms with Crippen molar-refractivity contribution < 1.29 is 14.5 Å². The molecule has 98 valence electrons. The van der Waals surface area contributed by atoms with Crippen LogP contribution in [0, 0.1) is 10.1 Å². The second-order valence-corrected chi connectivity index (χ2v) is 3.80. The van der Waals surface area contributed by atoms with Crippen molar-refractivity contribution >= 4 is 17.4 Å². The Balaban J connectivity index is 2.59. The first-order valence-corrected chi connectivity index (χ1v) is 5.19. The van der Waals surface area contributed by atoms with Crippen LogP contribution in [-0.2, 0) is 4.79 Å². The van der Waals surface area contributed by atoms with E-state index in [4.69, 9.17) is 0 Å². The van der Waals surface area contributed by atoms with Crippen molar-refractivity contribution in [1.29, 1.82) is 0 Å². The van der Waals surface area contributed by atoms with Crippen LogP contribution in [0.1, 0.15) is 10.5 Å². The van der Waals surface area contributed by atoms with Gasteiger partial charge in [0.15, 0.2) is 5.78 Å². The topological polar surface area (TPSA) is 108 Å². The Bertz CT molecular complexity index is 468. The Hall–Kier alpha value is -2.22. The molecule has 0 aromatic carbocycles. The molecule has 0 radical (unpaired) electrons. The van der Waals surface area contributed by atoms with Crippen LogP contribution in [0.2, 0.25) is 0 Å². The maximum absolute atomic E-state index is 11.7. The van der Waals surface area contributed by atoms with Gasteiger partial charge in [-0.1, -0.05) is 0 Å². The van der Waals surface area contributed by atoms with Crippen molar-refractivity contribution in [2.24, 2.45) is 0 Å². The van der Waals surface area contributed by atoms with Gasteiger partial charge < -0.3 is 10.3 Å². The van der Waals surface area contributed by atoms with Crippen LogP contribution in [0.4, 0.5) is 5.69 Å². The monoisotopic (exact) mass is 254 g/mol. The van der Waals surface area contributed by atoms with Gasteiger partial charge in [-0.3, -0.25) is 24.6 Å². The molecular formula is C10H14N4O4. The molecule has 0 unspecified atom stereocenters. The molecule has 8 nitrogen and oxygen atoms in total. The minimum Gasteiger partial charge on any atom is -0.358 e. The number of nitro groups is 1. The van der Waals surface area contributed by atoms with E-state index >= 15 is 0 Å². The summed E-state index contributed by atoms with van der Waals surface area (Å²) in [5.41, 5.74) is -0.00207. The number of carbonyl (C=O) groups is 2. The number of likely N-dealkylation sites (N-methyl/N-ethyl adjacent to an activating group) is 2. The molecule has 1 rings (SSSR count). The van der Waals surface area contributed by atoms with Gasteiger partial charge in [0.1, 0.15) is 0 Å². The molecule has 0 atom stereocenters. The fourth-order valence-electron chi connectivity index (χ4n) is 1.36. The van der Waals surface area contributed by atoms with Gasteiger partial charge in [-0.15, -0.1) is 0 Å². The van der Waals surface area contributed by atoms with Gasteiger partial charge in [0.2, 0.25) is 5.91 Å². The maximum atomic E-state index is 11.7. The average molecular weight is 254 g/mol. The van der Waals surface area contributed by atoms with Gasteiger partial charge in [-0.05, 0) is 7.05 Å². The molecule has 0 fully saturated rings. The molecule has 0 aliphatic carbocycles.